The number of hydrogen-bond donors (Lipinski definition) is 1. The monoisotopic (exact) mass is 297 g/mol. The first kappa shape index (κ1) is 15.8. The normalized spacial score (nSPS) is 15.4. The van der Waals surface area contributed by atoms with E-state index in [0.717, 1.165) is 18.5 Å². The zero-order valence-corrected chi connectivity index (χ0v) is 12.4. The third-order valence-corrected chi connectivity index (χ3v) is 3.42. The fourth-order valence-electron chi connectivity index (χ4n) is 2.05. The highest BCUT2D eigenvalue weighted by atomic mass is 19.3. The quantitative estimate of drug-likeness (QED) is 0.791. The van der Waals surface area contributed by atoms with Crippen molar-refractivity contribution in [2.45, 2.75) is 38.8 Å². The highest BCUT2D eigenvalue weighted by molar-refractivity contribution is 5.58. The predicted molar refractivity (Wildman–Crippen MR) is 78.9 cm³/mol. The van der Waals surface area contributed by atoms with Gasteiger partial charge >= 0.3 is 6.61 Å². The minimum atomic E-state index is -2.86. The maximum absolute atomic E-state index is 12.4. The summed E-state index contributed by atoms with van der Waals surface area (Å²) in [5.41, 5.74) is 2.07. The molecule has 5 heteroatoms. The molecule has 116 valence electrons. The van der Waals surface area contributed by atoms with E-state index < -0.39 is 6.61 Å². The van der Waals surface area contributed by atoms with Gasteiger partial charge < -0.3 is 14.8 Å². The van der Waals surface area contributed by atoms with Crippen LogP contribution in [0.3, 0.4) is 0 Å². The highest BCUT2D eigenvalue weighted by Gasteiger charge is 2.20. The van der Waals surface area contributed by atoms with Crippen LogP contribution >= 0.6 is 0 Å². The number of ether oxygens (including phenoxy) is 2. The number of benzene rings is 1. The Morgan fingerprint density at radius 2 is 2.14 bits per heavy atom. The second-order valence-corrected chi connectivity index (χ2v) is 5.10. The molecule has 1 aromatic carbocycles. The van der Waals surface area contributed by atoms with Crippen LogP contribution in [-0.2, 0) is 0 Å². The van der Waals surface area contributed by atoms with Crippen molar-refractivity contribution in [1.29, 1.82) is 0 Å². The van der Waals surface area contributed by atoms with Crippen LogP contribution in [0.25, 0.3) is 6.08 Å². The van der Waals surface area contributed by atoms with Gasteiger partial charge in [0, 0.05) is 12.6 Å². The second kappa shape index (κ2) is 7.41. The minimum absolute atomic E-state index is 0.0619. The smallest absolute Gasteiger partial charge is 0.387 e. The van der Waals surface area contributed by atoms with Crippen molar-refractivity contribution in [3.8, 4) is 11.5 Å². The summed E-state index contributed by atoms with van der Waals surface area (Å²) in [7, 11) is 1.43. The molecule has 1 fully saturated rings. The third kappa shape index (κ3) is 5.01. The molecule has 1 aliphatic carbocycles. The molecular formula is C16H21F2NO2. The van der Waals surface area contributed by atoms with E-state index in [4.69, 9.17) is 4.74 Å². The van der Waals surface area contributed by atoms with Gasteiger partial charge in [-0.15, -0.1) is 0 Å². The van der Waals surface area contributed by atoms with Gasteiger partial charge in [-0.3, -0.25) is 0 Å². The van der Waals surface area contributed by atoms with Gasteiger partial charge in [0.05, 0.1) is 7.11 Å². The van der Waals surface area contributed by atoms with Crippen LogP contribution < -0.4 is 14.8 Å². The lowest BCUT2D eigenvalue weighted by atomic mass is 10.1. The van der Waals surface area contributed by atoms with Gasteiger partial charge in [0.1, 0.15) is 0 Å². The summed E-state index contributed by atoms with van der Waals surface area (Å²) >= 11 is 0. The Morgan fingerprint density at radius 3 is 2.71 bits per heavy atom. The Balaban J connectivity index is 2.12. The van der Waals surface area contributed by atoms with Crippen LogP contribution in [0.5, 0.6) is 11.5 Å². The van der Waals surface area contributed by atoms with Crippen molar-refractivity contribution in [1.82, 2.24) is 5.32 Å². The van der Waals surface area contributed by atoms with Crippen molar-refractivity contribution in [3.63, 3.8) is 0 Å². The lowest BCUT2D eigenvalue weighted by Crippen LogP contribution is -2.18. The summed E-state index contributed by atoms with van der Waals surface area (Å²) in [6, 6.07) is 5.71. The van der Waals surface area contributed by atoms with Crippen LogP contribution in [0.1, 0.15) is 31.7 Å². The van der Waals surface area contributed by atoms with E-state index >= 15 is 0 Å². The standard InChI is InChI=1S/C16H21F2NO2/c1-3-11(10-19-13-5-6-13)8-12-4-7-14(20-2)15(9-12)21-16(17)18/h4,7-9,13,16,19H,3,5-6,10H2,1-2H3. The van der Waals surface area contributed by atoms with Gasteiger partial charge in [-0.1, -0.05) is 24.6 Å². The minimum Gasteiger partial charge on any atom is -0.493 e. The van der Waals surface area contributed by atoms with Gasteiger partial charge in [0.25, 0.3) is 0 Å². The molecule has 1 aromatic rings. The first-order valence-corrected chi connectivity index (χ1v) is 7.18. The Labute approximate surface area is 123 Å². The van der Waals surface area contributed by atoms with E-state index in [-0.39, 0.29) is 5.75 Å². The Morgan fingerprint density at radius 1 is 1.38 bits per heavy atom. The average molecular weight is 297 g/mol. The van der Waals surface area contributed by atoms with Crippen molar-refractivity contribution in [2.75, 3.05) is 13.7 Å². The van der Waals surface area contributed by atoms with Gasteiger partial charge in [0.15, 0.2) is 11.5 Å². The van der Waals surface area contributed by atoms with E-state index in [2.05, 4.69) is 17.0 Å². The Kier molecular flexibility index (Phi) is 5.56. The van der Waals surface area contributed by atoms with Crippen molar-refractivity contribution < 1.29 is 18.3 Å². The van der Waals surface area contributed by atoms with E-state index in [1.807, 2.05) is 12.1 Å². The number of alkyl halides is 2. The summed E-state index contributed by atoms with van der Waals surface area (Å²) < 4.78 is 34.3. The molecule has 0 bridgehead atoms. The molecular weight excluding hydrogens is 276 g/mol. The molecule has 0 aromatic heterocycles. The molecule has 1 saturated carbocycles. The Bertz CT molecular complexity index is 499. The van der Waals surface area contributed by atoms with Crippen molar-refractivity contribution >= 4 is 6.08 Å². The predicted octanol–water partition coefficient (Wildman–Crippen LogP) is 3.84. The molecule has 0 atom stereocenters. The molecule has 0 heterocycles. The fourth-order valence-corrected chi connectivity index (χ4v) is 2.05. The molecule has 0 radical (unpaired) electrons. The summed E-state index contributed by atoms with van der Waals surface area (Å²) in [5, 5.41) is 3.45. The SMILES string of the molecule is CCC(=Cc1ccc(OC)c(OC(F)F)c1)CNC1CC1. The molecule has 21 heavy (non-hydrogen) atoms. The molecule has 0 saturated heterocycles. The molecule has 1 aliphatic rings. The maximum Gasteiger partial charge on any atom is 0.387 e. The molecule has 3 nitrogen and oxygen atoms in total. The summed E-state index contributed by atoms with van der Waals surface area (Å²) in [4.78, 5) is 0. The molecule has 0 amide bonds. The number of rotatable bonds is 8. The molecule has 0 spiro atoms. The van der Waals surface area contributed by atoms with Gasteiger partial charge in [-0.2, -0.15) is 8.78 Å². The molecule has 0 unspecified atom stereocenters. The number of nitrogens with one attached hydrogen (secondary N) is 1. The highest BCUT2D eigenvalue weighted by Crippen LogP contribution is 2.30. The molecule has 0 aliphatic heterocycles. The average Bonchev–Trinajstić information content (AvgIpc) is 3.27. The lowest BCUT2D eigenvalue weighted by Gasteiger charge is -2.11. The van der Waals surface area contributed by atoms with Gasteiger partial charge in [-0.25, -0.2) is 0 Å². The van der Waals surface area contributed by atoms with E-state index in [1.54, 1.807) is 12.1 Å². The van der Waals surface area contributed by atoms with Crippen molar-refractivity contribution in [3.05, 3.63) is 29.3 Å². The van der Waals surface area contributed by atoms with Gasteiger partial charge in [-0.05, 0) is 37.0 Å². The first-order chi connectivity index (χ1) is 10.1. The maximum atomic E-state index is 12.4. The zero-order valence-electron chi connectivity index (χ0n) is 12.4. The van der Waals surface area contributed by atoms with E-state index in [9.17, 15) is 8.78 Å². The topological polar surface area (TPSA) is 30.5 Å². The number of methoxy groups -OCH3 is 1. The second-order valence-electron chi connectivity index (χ2n) is 5.10. The van der Waals surface area contributed by atoms with Crippen LogP contribution in [0.15, 0.2) is 23.8 Å². The van der Waals surface area contributed by atoms with Gasteiger partial charge in [0.2, 0.25) is 0 Å². The zero-order chi connectivity index (χ0) is 15.2. The van der Waals surface area contributed by atoms with E-state index in [0.29, 0.717) is 11.8 Å². The van der Waals surface area contributed by atoms with Crippen LogP contribution in [0.4, 0.5) is 8.78 Å². The molecule has 1 N–H and O–H groups in total. The fraction of sp³-hybridized carbons (Fsp3) is 0.500. The largest absolute Gasteiger partial charge is 0.493 e. The number of hydrogen-bond acceptors (Lipinski definition) is 3. The van der Waals surface area contributed by atoms with E-state index in [1.165, 1.54) is 25.5 Å². The Hall–Kier alpha value is -1.62. The van der Waals surface area contributed by atoms with Crippen LogP contribution in [-0.4, -0.2) is 26.3 Å². The van der Waals surface area contributed by atoms with Crippen molar-refractivity contribution in [2.24, 2.45) is 0 Å². The summed E-state index contributed by atoms with van der Waals surface area (Å²) in [5.74, 6) is 0.369. The molecule has 2 rings (SSSR count). The third-order valence-electron chi connectivity index (χ3n) is 3.42. The first-order valence-electron chi connectivity index (χ1n) is 7.18. The number of halogens is 2. The van der Waals surface area contributed by atoms with Crippen LogP contribution in [0, 0.1) is 0 Å². The van der Waals surface area contributed by atoms with Crippen LogP contribution in [0.2, 0.25) is 0 Å². The summed E-state index contributed by atoms with van der Waals surface area (Å²) in [6.45, 7) is 0.0546. The lowest BCUT2D eigenvalue weighted by molar-refractivity contribution is -0.0512. The summed E-state index contributed by atoms with van der Waals surface area (Å²) in [6.07, 6.45) is 5.40.